The molecule has 0 aliphatic heterocycles. The minimum atomic E-state index is -0.239. The number of hydrogen-bond acceptors (Lipinski definition) is 4. The van der Waals surface area contributed by atoms with E-state index in [4.69, 9.17) is 0 Å². The van der Waals surface area contributed by atoms with E-state index < -0.39 is 0 Å². The van der Waals surface area contributed by atoms with Crippen LogP contribution in [0.25, 0.3) is 16.9 Å². The second-order valence-electron chi connectivity index (χ2n) is 5.93. The number of rotatable bonds is 4. The van der Waals surface area contributed by atoms with Gasteiger partial charge in [0.2, 0.25) is 0 Å². The molecule has 0 fully saturated rings. The Bertz CT molecular complexity index is 1080. The predicted molar refractivity (Wildman–Crippen MR) is 99.0 cm³/mol. The summed E-state index contributed by atoms with van der Waals surface area (Å²) in [5.74, 6) is -0.239. The normalized spacial score (nSPS) is 11.0. The van der Waals surface area contributed by atoms with Crippen LogP contribution in [-0.2, 0) is 6.54 Å². The molecule has 0 saturated carbocycles. The molecule has 0 spiro atoms. The molecular weight excluding hydrogens is 328 g/mol. The Labute approximate surface area is 150 Å². The van der Waals surface area contributed by atoms with Crippen molar-refractivity contribution in [1.82, 2.24) is 24.4 Å². The van der Waals surface area contributed by atoms with Gasteiger partial charge in [0.15, 0.2) is 5.65 Å². The van der Waals surface area contributed by atoms with Crippen LogP contribution in [0.5, 0.6) is 0 Å². The summed E-state index contributed by atoms with van der Waals surface area (Å²) in [7, 11) is 0. The lowest BCUT2D eigenvalue weighted by molar-refractivity contribution is 0.102. The van der Waals surface area contributed by atoms with Crippen LogP contribution >= 0.6 is 0 Å². The van der Waals surface area contributed by atoms with E-state index >= 15 is 0 Å². The molecule has 130 valence electrons. The quantitative estimate of drug-likeness (QED) is 0.616. The third kappa shape index (κ3) is 2.73. The molecular formula is C19H18N6O. The number of nitrogens with one attached hydrogen (secondary N) is 1. The summed E-state index contributed by atoms with van der Waals surface area (Å²) >= 11 is 0. The lowest BCUT2D eigenvalue weighted by Gasteiger charge is -2.05. The average molecular weight is 346 g/mol. The van der Waals surface area contributed by atoms with Gasteiger partial charge in [-0.05, 0) is 32.0 Å². The number of aromatic nitrogens is 5. The second kappa shape index (κ2) is 6.44. The van der Waals surface area contributed by atoms with E-state index in [9.17, 15) is 4.79 Å². The zero-order valence-electron chi connectivity index (χ0n) is 14.5. The minimum absolute atomic E-state index is 0.239. The van der Waals surface area contributed by atoms with Crippen molar-refractivity contribution in [3.8, 4) is 11.3 Å². The highest BCUT2D eigenvalue weighted by atomic mass is 16.1. The molecule has 0 aliphatic carbocycles. The van der Waals surface area contributed by atoms with Crippen molar-refractivity contribution >= 4 is 17.2 Å². The number of fused-ring (bicyclic) bond motifs is 1. The fourth-order valence-corrected chi connectivity index (χ4v) is 2.91. The number of amides is 1. The Morgan fingerprint density at radius 3 is 2.73 bits per heavy atom. The summed E-state index contributed by atoms with van der Waals surface area (Å²) < 4.78 is 3.56. The van der Waals surface area contributed by atoms with Gasteiger partial charge in [0, 0.05) is 30.2 Å². The van der Waals surface area contributed by atoms with Crippen LogP contribution in [0.2, 0.25) is 0 Å². The largest absolute Gasteiger partial charge is 0.322 e. The number of hydrogen-bond donors (Lipinski definition) is 1. The third-order valence-electron chi connectivity index (χ3n) is 4.22. The van der Waals surface area contributed by atoms with Gasteiger partial charge >= 0.3 is 0 Å². The van der Waals surface area contributed by atoms with E-state index in [0.717, 1.165) is 29.2 Å². The number of aryl methyl sites for hydroxylation is 2. The van der Waals surface area contributed by atoms with Crippen LogP contribution in [0.4, 0.5) is 5.69 Å². The van der Waals surface area contributed by atoms with Gasteiger partial charge in [-0.15, -0.1) is 0 Å². The van der Waals surface area contributed by atoms with Gasteiger partial charge in [-0.25, -0.2) is 9.50 Å². The van der Waals surface area contributed by atoms with Gasteiger partial charge in [0.25, 0.3) is 5.91 Å². The molecule has 0 aliphatic rings. The zero-order chi connectivity index (χ0) is 18.1. The van der Waals surface area contributed by atoms with Gasteiger partial charge in [0.05, 0.1) is 17.6 Å². The van der Waals surface area contributed by atoms with Crippen molar-refractivity contribution in [3.05, 3.63) is 66.2 Å². The Morgan fingerprint density at radius 1 is 1.19 bits per heavy atom. The first kappa shape index (κ1) is 16.0. The van der Waals surface area contributed by atoms with Crippen molar-refractivity contribution in [2.75, 3.05) is 5.32 Å². The first-order chi connectivity index (χ1) is 12.7. The maximum atomic E-state index is 12.6. The maximum Gasteiger partial charge on any atom is 0.261 e. The van der Waals surface area contributed by atoms with Gasteiger partial charge in [-0.3, -0.25) is 9.48 Å². The minimum Gasteiger partial charge on any atom is -0.322 e. The highest BCUT2D eigenvalue weighted by Gasteiger charge is 2.18. The Hall–Kier alpha value is -3.48. The van der Waals surface area contributed by atoms with Crippen LogP contribution in [-0.4, -0.2) is 30.3 Å². The molecule has 3 heterocycles. The maximum absolute atomic E-state index is 12.6. The summed E-state index contributed by atoms with van der Waals surface area (Å²) in [6, 6.07) is 11.2. The SMILES string of the molecule is CCn1cc(-c2ccnc3c(C(=O)Nc4ccccc4)cnn23)c(C)n1. The van der Waals surface area contributed by atoms with Gasteiger partial charge in [-0.2, -0.15) is 10.2 Å². The predicted octanol–water partition coefficient (Wildman–Crippen LogP) is 3.17. The van der Waals surface area contributed by atoms with E-state index in [0.29, 0.717) is 11.2 Å². The molecule has 4 aromatic rings. The van der Waals surface area contributed by atoms with Crippen molar-refractivity contribution in [2.24, 2.45) is 0 Å². The van der Waals surface area contributed by atoms with Crippen molar-refractivity contribution in [3.63, 3.8) is 0 Å². The summed E-state index contributed by atoms with van der Waals surface area (Å²) in [5.41, 5.74) is 4.40. The number of carbonyl (C=O) groups excluding carboxylic acids is 1. The molecule has 0 unspecified atom stereocenters. The molecule has 3 aromatic heterocycles. The molecule has 26 heavy (non-hydrogen) atoms. The van der Waals surface area contributed by atoms with Crippen molar-refractivity contribution in [1.29, 1.82) is 0 Å². The van der Waals surface area contributed by atoms with Crippen LogP contribution in [0.3, 0.4) is 0 Å². The molecule has 0 radical (unpaired) electrons. The topological polar surface area (TPSA) is 77.1 Å². The number of carbonyl (C=O) groups is 1. The molecule has 7 nitrogen and oxygen atoms in total. The molecule has 1 aromatic carbocycles. The van der Waals surface area contributed by atoms with E-state index in [1.54, 1.807) is 16.9 Å². The van der Waals surface area contributed by atoms with Crippen LogP contribution < -0.4 is 5.32 Å². The highest BCUT2D eigenvalue weighted by molar-refractivity contribution is 6.08. The molecule has 7 heteroatoms. The molecule has 0 bridgehead atoms. The summed E-state index contributed by atoms with van der Waals surface area (Å²) in [4.78, 5) is 17.0. The summed E-state index contributed by atoms with van der Waals surface area (Å²) in [6.07, 6.45) is 5.22. The van der Waals surface area contributed by atoms with Gasteiger partial charge in [-0.1, -0.05) is 18.2 Å². The van der Waals surface area contributed by atoms with Crippen LogP contribution in [0.15, 0.2) is 55.0 Å². The van der Waals surface area contributed by atoms with Crippen molar-refractivity contribution < 1.29 is 4.79 Å². The molecule has 0 atom stereocenters. The van der Waals surface area contributed by atoms with Crippen LogP contribution in [0, 0.1) is 6.92 Å². The number of para-hydroxylation sites is 1. The molecule has 4 rings (SSSR count). The molecule has 1 amide bonds. The van der Waals surface area contributed by atoms with Crippen LogP contribution in [0.1, 0.15) is 23.0 Å². The summed E-state index contributed by atoms with van der Waals surface area (Å²) in [5, 5.41) is 11.7. The molecule has 0 saturated heterocycles. The number of benzene rings is 1. The Kier molecular flexibility index (Phi) is 3.96. The smallest absolute Gasteiger partial charge is 0.261 e. The van der Waals surface area contributed by atoms with E-state index in [1.807, 2.05) is 61.1 Å². The third-order valence-corrected chi connectivity index (χ3v) is 4.22. The van der Waals surface area contributed by atoms with Crippen molar-refractivity contribution in [2.45, 2.75) is 20.4 Å². The fraction of sp³-hybridized carbons (Fsp3) is 0.158. The average Bonchev–Trinajstić information content (AvgIpc) is 3.25. The summed E-state index contributed by atoms with van der Waals surface area (Å²) in [6.45, 7) is 4.79. The zero-order valence-corrected chi connectivity index (χ0v) is 14.5. The second-order valence-corrected chi connectivity index (χ2v) is 5.93. The first-order valence-corrected chi connectivity index (χ1v) is 8.41. The Balaban J connectivity index is 1.75. The Morgan fingerprint density at radius 2 is 2.00 bits per heavy atom. The van der Waals surface area contributed by atoms with E-state index in [-0.39, 0.29) is 5.91 Å². The highest BCUT2D eigenvalue weighted by Crippen LogP contribution is 2.24. The fourth-order valence-electron chi connectivity index (χ4n) is 2.91. The van der Waals surface area contributed by atoms with E-state index in [1.165, 1.54) is 0 Å². The lowest BCUT2D eigenvalue weighted by atomic mass is 10.2. The standard InChI is InChI=1S/C19H18N6O/c1-3-24-12-16(13(2)23-24)17-9-10-20-18-15(11-21-25(17)18)19(26)22-14-7-5-4-6-8-14/h4-12H,3H2,1-2H3,(H,22,26). The molecule has 1 N–H and O–H groups in total. The van der Waals surface area contributed by atoms with E-state index in [2.05, 4.69) is 20.5 Å². The first-order valence-electron chi connectivity index (χ1n) is 8.41. The monoisotopic (exact) mass is 346 g/mol. The number of anilines is 1. The van der Waals surface area contributed by atoms with Gasteiger partial charge < -0.3 is 5.32 Å². The lowest BCUT2D eigenvalue weighted by Crippen LogP contribution is -2.12. The number of nitrogens with zero attached hydrogens (tertiary/aromatic N) is 5. The van der Waals surface area contributed by atoms with Gasteiger partial charge in [0.1, 0.15) is 5.56 Å².